The maximum Gasteiger partial charge on any atom is 0.336 e. The van der Waals surface area contributed by atoms with Crippen LogP contribution in [0.25, 0.3) is 0 Å². The first kappa shape index (κ1) is 16.2. The Balaban J connectivity index is 2.20. The average Bonchev–Trinajstić information content (AvgIpc) is 2.53. The van der Waals surface area contributed by atoms with Gasteiger partial charge in [0.05, 0.1) is 19.8 Å². The highest BCUT2D eigenvalue weighted by Gasteiger charge is 2.15. The highest BCUT2D eigenvalue weighted by Crippen LogP contribution is 2.34. The highest BCUT2D eigenvalue weighted by molar-refractivity contribution is 9.10. The third-order valence-electron chi connectivity index (χ3n) is 3.04. The van der Waals surface area contributed by atoms with Gasteiger partial charge in [-0.25, -0.2) is 4.79 Å². The molecule has 0 unspecified atom stereocenters. The third-order valence-corrected chi connectivity index (χ3v) is 3.69. The van der Waals surface area contributed by atoms with Crippen molar-refractivity contribution >= 4 is 21.9 Å². The Morgan fingerprint density at radius 1 is 1.09 bits per heavy atom. The molecule has 0 atom stereocenters. The van der Waals surface area contributed by atoms with Crippen LogP contribution in [0.4, 0.5) is 0 Å². The van der Waals surface area contributed by atoms with Crippen LogP contribution in [0, 0.1) is 0 Å². The second-order valence-corrected chi connectivity index (χ2v) is 5.28. The summed E-state index contributed by atoms with van der Waals surface area (Å²) < 4.78 is 16.4. The lowest BCUT2D eigenvalue weighted by molar-refractivity contribution is 0.0695. The number of halogens is 1. The summed E-state index contributed by atoms with van der Waals surface area (Å²) in [7, 11) is 3.11. The van der Waals surface area contributed by atoms with E-state index in [1.165, 1.54) is 13.2 Å². The van der Waals surface area contributed by atoms with Crippen LogP contribution < -0.4 is 14.2 Å². The van der Waals surface area contributed by atoms with Gasteiger partial charge in [0.25, 0.3) is 0 Å². The van der Waals surface area contributed by atoms with Crippen LogP contribution in [0.2, 0.25) is 0 Å². The predicted molar refractivity (Wildman–Crippen MR) is 85.0 cm³/mol. The molecule has 5 nitrogen and oxygen atoms in total. The van der Waals surface area contributed by atoms with E-state index in [1.54, 1.807) is 13.2 Å². The van der Waals surface area contributed by atoms with Crippen LogP contribution in [-0.2, 0) is 6.61 Å². The molecule has 0 amide bonds. The minimum Gasteiger partial charge on any atom is -0.497 e. The van der Waals surface area contributed by atoms with Gasteiger partial charge in [0.1, 0.15) is 12.4 Å². The van der Waals surface area contributed by atoms with Crippen molar-refractivity contribution in [1.82, 2.24) is 0 Å². The monoisotopic (exact) mass is 366 g/mol. The van der Waals surface area contributed by atoms with Crippen molar-refractivity contribution in [2.24, 2.45) is 0 Å². The Hall–Kier alpha value is -2.21. The van der Waals surface area contributed by atoms with E-state index in [0.29, 0.717) is 22.6 Å². The Morgan fingerprint density at radius 3 is 2.32 bits per heavy atom. The van der Waals surface area contributed by atoms with E-state index in [1.807, 2.05) is 24.3 Å². The van der Waals surface area contributed by atoms with E-state index in [9.17, 15) is 4.79 Å². The van der Waals surface area contributed by atoms with Crippen molar-refractivity contribution in [2.45, 2.75) is 6.61 Å². The Morgan fingerprint density at radius 2 is 1.77 bits per heavy atom. The average molecular weight is 367 g/mol. The molecule has 0 heterocycles. The Labute approximate surface area is 136 Å². The zero-order valence-corrected chi connectivity index (χ0v) is 13.7. The molecule has 2 rings (SSSR count). The number of benzene rings is 2. The first-order valence-corrected chi connectivity index (χ1v) is 7.21. The molecule has 0 spiro atoms. The van der Waals surface area contributed by atoms with Gasteiger partial charge in [-0.1, -0.05) is 12.1 Å². The van der Waals surface area contributed by atoms with Crippen LogP contribution in [0.1, 0.15) is 15.9 Å². The minimum absolute atomic E-state index is 0.116. The normalized spacial score (nSPS) is 10.1. The minimum atomic E-state index is -1.04. The molecule has 0 fully saturated rings. The number of hydrogen-bond donors (Lipinski definition) is 1. The molecule has 0 aliphatic heterocycles. The maximum atomic E-state index is 11.2. The quantitative estimate of drug-likeness (QED) is 0.843. The van der Waals surface area contributed by atoms with Crippen molar-refractivity contribution in [3.8, 4) is 17.2 Å². The van der Waals surface area contributed by atoms with Crippen LogP contribution in [0.15, 0.2) is 40.9 Å². The fraction of sp³-hybridized carbons (Fsp3) is 0.188. The predicted octanol–water partition coefficient (Wildman–Crippen LogP) is 3.74. The second kappa shape index (κ2) is 7.17. The molecule has 0 bridgehead atoms. The fourth-order valence-electron chi connectivity index (χ4n) is 1.85. The Bertz CT molecular complexity index is 667. The van der Waals surface area contributed by atoms with Gasteiger partial charge in [0.15, 0.2) is 11.5 Å². The molecule has 22 heavy (non-hydrogen) atoms. The lowest BCUT2D eigenvalue weighted by Crippen LogP contribution is -2.02. The molecule has 0 saturated carbocycles. The molecule has 2 aromatic carbocycles. The third kappa shape index (κ3) is 3.71. The standard InChI is InChI=1S/C16H15BrO5/c1-20-11-5-3-10(4-6-11)9-22-15-7-12(16(18)19)13(17)8-14(15)21-2/h3-8H,9H2,1-2H3,(H,18,19). The molecule has 0 aliphatic rings. The van der Waals surface area contributed by atoms with Crippen molar-refractivity contribution in [2.75, 3.05) is 14.2 Å². The van der Waals surface area contributed by atoms with Crippen LogP contribution in [0.5, 0.6) is 17.2 Å². The summed E-state index contributed by atoms with van der Waals surface area (Å²) in [5, 5.41) is 9.16. The number of carboxylic acids is 1. The molecule has 0 saturated heterocycles. The van der Waals surface area contributed by atoms with Gasteiger partial charge in [0.2, 0.25) is 0 Å². The van der Waals surface area contributed by atoms with Gasteiger partial charge in [0, 0.05) is 4.47 Å². The van der Waals surface area contributed by atoms with Gasteiger partial charge in [-0.05, 0) is 45.8 Å². The maximum absolute atomic E-state index is 11.2. The van der Waals surface area contributed by atoms with E-state index >= 15 is 0 Å². The largest absolute Gasteiger partial charge is 0.497 e. The SMILES string of the molecule is COc1ccc(COc2cc(C(=O)O)c(Br)cc2OC)cc1. The second-order valence-electron chi connectivity index (χ2n) is 4.42. The molecule has 6 heteroatoms. The van der Waals surface area contributed by atoms with Gasteiger partial charge >= 0.3 is 5.97 Å². The van der Waals surface area contributed by atoms with Gasteiger partial charge in [-0.15, -0.1) is 0 Å². The number of methoxy groups -OCH3 is 2. The van der Waals surface area contributed by atoms with E-state index in [-0.39, 0.29) is 5.56 Å². The Kier molecular flexibility index (Phi) is 5.27. The molecule has 1 N–H and O–H groups in total. The number of carboxylic acid groups (broad SMARTS) is 1. The number of hydrogen-bond acceptors (Lipinski definition) is 4. The van der Waals surface area contributed by atoms with E-state index in [0.717, 1.165) is 11.3 Å². The molecular weight excluding hydrogens is 352 g/mol. The van der Waals surface area contributed by atoms with Crippen LogP contribution in [-0.4, -0.2) is 25.3 Å². The summed E-state index contributed by atoms with van der Waals surface area (Å²) in [6.07, 6.45) is 0. The van der Waals surface area contributed by atoms with Gasteiger partial charge in [-0.3, -0.25) is 0 Å². The summed E-state index contributed by atoms with van der Waals surface area (Å²) in [5.41, 5.74) is 1.05. The van der Waals surface area contributed by atoms with Crippen molar-refractivity contribution in [3.63, 3.8) is 0 Å². The smallest absolute Gasteiger partial charge is 0.336 e. The molecule has 0 aromatic heterocycles. The number of ether oxygens (including phenoxy) is 3. The molecule has 116 valence electrons. The van der Waals surface area contributed by atoms with Crippen molar-refractivity contribution in [3.05, 3.63) is 52.0 Å². The summed E-state index contributed by atoms with van der Waals surface area (Å²) in [5.74, 6) is 0.561. The van der Waals surface area contributed by atoms with Crippen LogP contribution in [0.3, 0.4) is 0 Å². The molecular formula is C16H15BrO5. The van der Waals surface area contributed by atoms with Crippen molar-refractivity contribution < 1.29 is 24.1 Å². The van der Waals surface area contributed by atoms with E-state index in [2.05, 4.69) is 15.9 Å². The van der Waals surface area contributed by atoms with Crippen molar-refractivity contribution in [1.29, 1.82) is 0 Å². The first-order chi connectivity index (χ1) is 10.5. The molecule has 0 aliphatic carbocycles. The van der Waals surface area contributed by atoms with E-state index in [4.69, 9.17) is 19.3 Å². The fourth-order valence-corrected chi connectivity index (χ4v) is 2.35. The summed E-state index contributed by atoms with van der Waals surface area (Å²) in [6.45, 7) is 0.293. The van der Waals surface area contributed by atoms with Gasteiger partial charge in [-0.2, -0.15) is 0 Å². The molecule has 0 radical (unpaired) electrons. The molecule has 2 aromatic rings. The highest BCUT2D eigenvalue weighted by atomic mass is 79.9. The number of rotatable bonds is 6. The number of carbonyl (C=O) groups is 1. The summed E-state index contributed by atoms with van der Waals surface area (Å²) >= 11 is 3.20. The summed E-state index contributed by atoms with van der Waals surface area (Å²) in [4.78, 5) is 11.2. The lowest BCUT2D eigenvalue weighted by Gasteiger charge is -2.13. The first-order valence-electron chi connectivity index (χ1n) is 6.41. The topological polar surface area (TPSA) is 65.0 Å². The lowest BCUT2D eigenvalue weighted by atomic mass is 10.2. The summed E-state index contributed by atoms with van der Waals surface area (Å²) in [6, 6.07) is 10.4. The number of aromatic carboxylic acids is 1. The zero-order chi connectivity index (χ0) is 16.1. The zero-order valence-electron chi connectivity index (χ0n) is 12.1. The van der Waals surface area contributed by atoms with Gasteiger partial charge < -0.3 is 19.3 Å². The van der Waals surface area contributed by atoms with Crippen LogP contribution >= 0.6 is 15.9 Å². The van der Waals surface area contributed by atoms with E-state index < -0.39 is 5.97 Å².